The third-order valence-electron chi connectivity index (χ3n) is 5.92. The number of tetrazole rings is 1. The molecule has 0 radical (unpaired) electrons. The molecule has 1 N–H and O–H groups in total. The Balaban J connectivity index is 1.45. The van der Waals surface area contributed by atoms with E-state index in [-0.39, 0.29) is 12.1 Å². The van der Waals surface area contributed by atoms with Gasteiger partial charge in [-0.15, -0.1) is 5.10 Å². The first-order valence-electron chi connectivity index (χ1n) is 10.3. The number of hydrogen-bond donors (Lipinski definition) is 1. The highest BCUT2D eigenvalue weighted by Gasteiger charge is 2.35. The minimum atomic E-state index is 0.240. The molecule has 3 heterocycles. The summed E-state index contributed by atoms with van der Waals surface area (Å²) >= 11 is 6.17. The van der Waals surface area contributed by atoms with E-state index in [4.69, 9.17) is 16.3 Å². The first-order valence-corrected chi connectivity index (χ1v) is 10.7. The van der Waals surface area contributed by atoms with Crippen LogP contribution in [0, 0.1) is 5.92 Å². The van der Waals surface area contributed by atoms with E-state index in [0.717, 1.165) is 63.0 Å². The van der Waals surface area contributed by atoms with Gasteiger partial charge in [0.15, 0.2) is 6.04 Å². The second-order valence-corrected chi connectivity index (χ2v) is 8.64. The Labute approximate surface area is 171 Å². The number of rotatable bonds is 6. The molecule has 0 saturated carbocycles. The van der Waals surface area contributed by atoms with Gasteiger partial charge in [-0.1, -0.05) is 31.5 Å². The minimum absolute atomic E-state index is 0.240. The summed E-state index contributed by atoms with van der Waals surface area (Å²) in [5.74, 6) is 1.46. The number of piperazine rings is 1. The van der Waals surface area contributed by atoms with E-state index in [0.29, 0.717) is 5.92 Å². The Bertz CT molecular complexity index is 768. The molecule has 0 unspecified atom stereocenters. The second-order valence-electron chi connectivity index (χ2n) is 8.20. The number of ether oxygens (including phenoxy) is 1. The van der Waals surface area contributed by atoms with E-state index in [1.807, 2.05) is 16.8 Å². The molecule has 8 heteroatoms. The maximum atomic E-state index is 6.17. The van der Waals surface area contributed by atoms with Crippen molar-refractivity contribution in [1.29, 1.82) is 0 Å². The summed E-state index contributed by atoms with van der Waals surface area (Å²) in [4.78, 5) is 3.97. The molecule has 1 aromatic carbocycles. The van der Waals surface area contributed by atoms with Gasteiger partial charge >= 0.3 is 0 Å². The van der Waals surface area contributed by atoms with Gasteiger partial charge in [0.05, 0.1) is 38.8 Å². The van der Waals surface area contributed by atoms with Crippen molar-refractivity contribution in [3.05, 3.63) is 35.1 Å². The number of nitrogens with one attached hydrogen (secondary N) is 1. The molecule has 4 rings (SSSR count). The largest absolute Gasteiger partial charge is 0.376 e. The van der Waals surface area contributed by atoms with Crippen molar-refractivity contribution >= 4 is 17.3 Å². The van der Waals surface area contributed by atoms with E-state index < -0.39 is 0 Å². The molecule has 2 fully saturated rings. The second kappa shape index (κ2) is 8.76. The lowest BCUT2D eigenvalue weighted by Gasteiger charge is -2.38. The van der Waals surface area contributed by atoms with Gasteiger partial charge < -0.3 is 14.5 Å². The van der Waals surface area contributed by atoms with Gasteiger partial charge in [-0.2, -0.15) is 0 Å². The summed E-state index contributed by atoms with van der Waals surface area (Å²) in [6, 6.07) is 8.42. The van der Waals surface area contributed by atoms with Gasteiger partial charge in [0.1, 0.15) is 0 Å². The lowest BCUT2D eigenvalue weighted by molar-refractivity contribution is -0.937. The van der Waals surface area contributed by atoms with E-state index in [1.54, 1.807) is 4.90 Å². The molecule has 7 nitrogen and oxygen atoms in total. The zero-order valence-electron chi connectivity index (χ0n) is 16.7. The Morgan fingerprint density at radius 1 is 1.29 bits per heavy atom. The molecule has 2 aromatic rings. The zero-order valence-corrected chi connectivity index (χ0v) is 17.5. The SMILES string of the molecule is CC(C)[C@H](c1nnnn1C[C@@H]1CCCO1)[NH+]1CCN(c2cccc(Cl)c2)CC1. The van der Waals surface area contributed by atoms with Crippen LogP contribution in [0.15, 0.2) is 24.3 Å². The van der Waals surface area contributed by atoms with Crippen LogP contribution in [0.25, 0.3) is 0 Å². The molecule has 0 aliphatic carbocycles. The number of anilines is 1. The maximum absolute atomic E-state index is 6.17. The molecule has 1 aromatic heterocycles. The van der Waals surface area contributed by atoms with Gasteiger partial charge in [0, 0.05) is 23.2 Å². The molecular weight excluding hydrogens is 376 g/mol. The van der Waals surface area contributed by atoms with Crippen LogP contribution in [-0.4, -0.2) is 59.1 Å². The van der Waals surface area contributed by atoms with Crippen molar-refractivity contribution < 1.29 is 9.64 Å². The van der Waals surface area contributed by atoms with Crippen LogP contribution in [0.4, 0.5) is 5.69 Å². The van der Waals surface area contributed by atoms with Crippen LogP contribution < -0.4 is 9.80 Å². The summed E-state index contributed by atoms with van der Waals surface area (Å²) in [6.45, 7) is 10.3. The highest BCUT2D eigenvalue weighted by Crippen LogP contribution is 2.22. The number of nitrogens with zero attached hydrogens (tertiary/aromatic N) is 5. The molecular formula is C20H30ClN6O+. The zero-order chi connectivity index (χ0) is 19.5. The number of benzene rings is 1. The molecule has 2 aliphatic heterocycles. The predicted octanol–water partition coefficient (Wildman–Crippen LogP) is 1.61. The lowest BCUT2D eigenvalue weighted by atomic mass is 10.0. The molecule has 2 aliphatic rings. The summed E-state index contributed by atoms with van der Waals surface area (Å²) in [6.07, 6.45) is 2.47. The summed E-state index contributed by atoms with van der Waals surface area (Å²) < 4.78 is 7.78. The van der Waals surface area contributed by atoms with Crippen molar-refractivity contribution in [1.82, 2.24) is 20.2 Å². The summed E-state index contributed by atoms with van der Waals surface area (Å²) in [7, 11) is 0. The lowest BCUT2D eigenvalue weighted by Crippen LogP contribution is -3.15. The number of quaternary nitrogens is 1. The predicted molar refractivity (Wildman–Crippen MR) is 109 cm³/mol. The Morgan fingerprint density at radius 3 is 2.79 bits per heavy atom. The fourth-order valence-corrected chi connectivity index (χ4v) is 4.72. The summed E-state index contributed by atoms with van der Waals surface area (Å²) in [5, 5.41) is 13.5. The Morgan fingerprint density at radius 2 is 2.11 bits per heavy atom. The van der Waals surface area contributed by atoms with Crippen molar-refractivity contribution in [3.63, 3.8) is 0 Å². The molecule has 28 heavy (non-hydrogen) atoms. The van der Waals surface area contributed by atoms with Crippen LogP contribution >= 0.6 is 11.6 Å². The minimum Gasteiger partial charge on any atom is -0.376 e. The van der Waals surface area contributed by atoms with Gasteiger partial charge in [-0.05, 0) is 41.5 Å². The normalized spacial score (nSPS) is 22.1. The number of aromatic nitrogens is 4. The fraction of sp³-hybridized carbons (Fsp3) is 0.650. The van der Waals surface area contributed by atoms with E-state index in [9.17, 15) is 0 Å². The van der Waals surface area contributed by atoms with Crippen LogP contribution in [0.1, 0.15) is 38.6 Å². The monoisotopic (exact) mass is 405 g/mol. The smallest absolute Gasteiger partial charge is 0.209 e. The molecule has 2 atom stereocenters. The average molecular weight is 406 g/mol. The number of halogens is 1. The highest BCUT2D eigenvalue weighted by molar-refractivity contribution is 6.30. The fourth-order valence-electron chi connectivity index (χ4n) is 4.53. The first kappa shape index (κ1) is 19.6. The number of hydrogen-bond acceptors (Lipinski definition) is 5. The van der Waals surface area contributed by atoms with Gasteiger partial charge in [-0.25, -0.2) is 4.68 Å². The molecule has 152 valence electrons. The Kier molecular flexibility index (Phi) is 6.13. The molecule has 0 spiro atoms. The van der Waals surface area contributed by atoms with Crippen LogP contribution in [0.5, 0.6) is 0 Å². The van der Waals surface area contributed by atoms with E-state index >= 15 is 0 Å². The Hall–Kier alpha value is -1.70. The van der Waals surface area contributed by atoms with Gasteiger partial charge in [-0.3, -0.25) is 0 Å². The van der Waals surface area contributed by atoms with Crippen molar-refractivity contribution in [2.24, 2.45) is 5.92 Å². The molecule has 0 bridgehead atoms. The van der Waals surface area contributed by atoms with Crippen molar-refractivity contribution in [3.8, 4) is 0 Å². The quantitative estimate of drug-likeness (QED) is 0.791. The van der Waals surface area contributed by atoms with Gasteiger partial charge in [0.2, 0.25) is 5.82 Å². The third-order valence-corrected chi connectivity index (χ3v) is 6.16. The van der Waals surface area contributed by atoms with Crippen LogP contribution in [0.2, 0.25) is 5.02 Å². The topological polar surface area (TPSA) is 60.5 Å². The molecule has 0 amide bonds. The van der Waals surface area contributed by atoms with Crippen molar-refractivity contribution in [2.75, 3.05) is 37.7 Å². The average Bonchev–Trinajstić information content (AvgIpc) is 3.35. The van der Waals surface area contributed by atoms with E-state index in [1.165, 1.54) is 5.69 Å². The third kappa shape index (κ3) is 4.31. The van der Waals surface area contributed by atoms with Crippen LogP contribution in [0.3, 0.4) is 0 Å². The van der Waals surface area contributed by atoms with Crippen LogP contribution in [-0.2, 0) is 11.3 Å². The maximum Gasteiger partial charge on any atom is 0.209 e. The van der Waals surface area contributed by atoms with Crippen molar-refractivity contribution in [2.45, 2.75) is 45.4 Å². The standard InChI is InChI=1S/C20H29ClN6O/c1-15(2)19(20-22-23-24-27(20)14-18-7-4-12-28-18)26-10-8-25(9-11-26)17-6-3-5-16(21)13-17/h3,5-6,13,15,18-19H,4,7-12,14H2,1-2H3/p+1/t18-,19+/m0/s1. The first-order chi connectivity index (χ1) is 13.6. The van der Waals surface area contributed by atoms with Gasteiger partial charge in [0.25, 0.3) is 0 Å². The molecule has 2 saturated heterocycles. The van der Waals surface area contributed by atoms with E-state index in [2.05, 4.69) is 46.4 Å². The summed E-state index contributed by atoms with van der Waals surface area (Å²) in [5.41, 5.74) is 1.20. The highest BCUT2D eigenvalue weighted by atomic mass is 35.5.